The lowest BCUT2D eigenvalue weighted by atomic mass is 10.1. The molecule has 0 amide bonds. The van der Waals surface area contributed by atoms with Crippen LogP contribution in [0.5, 0.6) is 0 Å². The molecule has 0 N–H and O–H groups in total. The molecule has 0 spiro atoms. The quantitative estimate of drug-likeness (QED) is 0.670. The van der Waals surface area contributed by atoms with Gasteiger partial charge in [0, 0.05) is 19.8 Å². The van der Waals surface area contributed by atoms with E-state index in [9.17, 15) is 18.0 Å². The molecule has 0 aromatic heterocycles. The van der Waals surface area contributed by atoms with Crippen LogP contribution in [0.3, 0.4) is 0 Å². The van der Waals surface area contributed by atoms with Crippen molar-refractivity contribution in [2.45, 2.75) is 4.90 Å². The highest BCUT2D eigenvalue weighted by molar-refractivity contribution is 7.89. The Hall–Kier alpha value is -2.43. The molecule has 0 atom stereocenters. The SMILES string of the molecule is COC(=O)C1=C(C(=O)OC)N(c2ccc(S(=O)(=O)N(C)C)cc2)COC1. The summed E-state index contributed by atoms with van der Waals surface area (Å²) < 4.78 is 40.3. The van der Waals surface area contributed by atoms with E-state index in [4.69, 9.17) is 14.2 Å². The number of nitrogens with zero attached hydrogens (tertiary/aromatic N) is 2. The molecule has 2 rings (SSSR count). The molecule has 1 aromatic carbocycles. The van der Waals surface area contributed by atoms with Crippen molar-refractivity contribution in [2.75, 3.05) is 46.6 Å². The molecule has 0 unspecified atom stereocenters. The van der Waals surface area contributed by atoms with Crippen LogP contribution in [0, 0.1) is 0 Å². The van der Waals surface area contributed by atoms with E-state index in [2.05, 4.69) is 0 Å². The number of anilines is 1. The molecule has 0 saturated heterocycles. The van der Waals surface area contributed by atoms with Gasteiger partial charge in [0.1, 0.15) is 12.4 Å². The smallest absolute Gasteiger partial charge is 0.355 e. The third-order valence-corrected chi connectivity index (χ3v) is 5.59. The molecule has 0 bridgehead atoms. The van der Waals surface area contributed by atoms with E-state index in [-0.39, 0.29) is 29.5 Å². The molecule has 10 heteroatoms. The van der Waals surface area contributed by atoms with Crippen LogP contribution in [0.15, 0.2) is 40.4 Å². The minimum Gasteiger partial charge on any atom is -0.466 e. The zero-order chi connectivity index (χ0) is 19.5. The predicted octanol–water partition coefficient (Wildman–Crippen LogP) is 0.331. The summed E-state index contributed by atoms with van der Waals surface area (Å²) in [5, 5.41) is 0. The van der Waals surface area contributed by atoms with Crippen LogP contribution in [-0.2, 0) is 33.8 Å². The molecule has 1 aromatic rings. The van der Waals surface area contributed by atoms with E-state index < -0.39 is 22.0 Å². The summed E-state index contributed by atoms with van der Waals surface area (Å²) in [7, 11) is 1.68. The van der Waals surface area contributed by atoms with Gasteiger partial charge in [-0.2, -0.15) is 0 Å². The van der Waals surface area contributed by atoms with Crippen LogP contribution in [0.4, 0.5) is 5.69 Å². The largest absolute Gasteiger partial charge is 0.466 e. The summed E-state index contributed by atoms with van der Waals surface area (Å²) in [6.45, 7) is -0.106. The van der Waals surface area contributed by atoms with Gasteiger partial charge in [-0.15, -0.1) is 0 Å². The van der Waals surface area contributed by atoms with Crippen molar-refractivity contribution in [1.29, 1.82) is 0 Å². The number of rotatable bonds is 5. The van der Waals surface area contributed by atoms with Gasteiger partial charge < -0.3 is 19.1 Å². The number of hydrogen-bond acceptors (Lipinski definition) is 8. The highest BCUT2D eigenvalue weighted by atomic mass is 32.2. The summed E-state index contributed by atoms with van der Waals surface area (Å²) in [6.07, 6.45) is 0. The van der Waals surface area contributed by atoms with Crippen LogP contribution in [0.1, 0.15) is 0 Å². The standard InChI is InChI=1S/C16H20N2O7S/c1-17(2)26(21,22)12-7-5-11(6-8-12)18-10-25-9-13(15(19)23-3)14(18)16(20)24-4/h5-8H,9-10H2,1-4H3. The van der Waals surface area contributed by atoms with Gasteiger partial charge in [-0.3, -0.25) is 0 Å². The summed E-state index contributed by atoms with van der Waals surface area (Å²) in [5.74, 6) is -1.43. The van der Waals surface area contributed by atoms with E-state index in [0.29, 0.717) is 5.69 Å². The van der Waals surface area contributed by atoms with Crippen LogP contribution >= 0.6 is 0 Å². The number of carbonyl (C=O) groups is 2. The lowest BCUT2D eigenvalue weighted by molar-refractivity contribution is -0.140. The Morgan fingerprint density at radius 2 is 1.65 bits per heavy atom. The van der Waals surface area contributed by atoms with Gasteiger partial charge in [-0.05, 0) is 24.3 Å². The number of methoxy groups -OCH3 is 2. The highest BCUT2D eigenvalue weighted by Gasteiger charge is 2.32. The third kappa shape index (κ3) is 3.71. The van der Waals surface area contributed by atoms with Gasteiger partial charge in [0.15, 0.2) is 0 Å². The molecule has 1 aliphatic heterocycles. The first kappa shape index (κ1) is 19.9. The fraction of sp³-hybridized carbons (Fsp3) is 0.375. The summed E-state index contributed by atoms with van der Waals surface area (Å²) >= 11 is 0. The molecular weight excluding hydrogens is 364 g/mol. The molecule has 0 aliphatic carbocycles. The van der Waals surface area contributed by atoms with E-state index in [1.54, 1.807) is 0 Å². The first-order valence-electron chi connectivity index (χ1n) is 7.51. The summed E-state index contributed by atoms with van der Waals surface area (Å²) in [4.78, 5) is 25.7. The number of sulfonamides is 1. The molecule has 9 nitrogen and oxygen atoms in total. The summed E-state index contributed by atoms with van der Waals surface area (Å²) in [6, 6.07) is 5.85. The minimum atomic E-state index is -3.58. The Kier molecular flexibility index (Phi) is 6.01. The monoisotopic (exact) mass is 384 g/mol. The number of esters is 2. The maximum Gasteiger partial charge on any atom is 0.355 e. The number of benzene rings is 1. The second-order valence-corrected chi connectivity index (χ2v) is 7.65. The van der Waals surface area contributed by atoms with Gasteiger partial charge in [-0.1, -0.05) is 0 Å². The fourth-order valence-corrected chi connectivity index (χ4v) is 3.26. The van der Waals surface area contributed by atoms with Crippen LogP contribution < -0.4 is 4.90 Å². The molecule has 1 aliphatic rings. The first-order chi connectivity index (χ1) is 12.2. The van der Waals surface area contributed by atoms with E-state index >= 15 is 0 Å². The Morgan fingerprint density at radius 1 is 1.08 bits per heavy atom. The maximum atomic E-state index is 12.2. The molecule has 26 heavy (non-hydrogen) atoms. The van der Waals surface area contributed by atoms with Gasteiger partial charge in [0.05, 0.1) is 31.3 Å². The van der Waals surface area contributed by atoms with Gasteiger partial charge in [-0.25, -0.2) is 22.3 Å². The van der Waals surface area contributed by atoms with E-state index in [0.717, 1.165) is 4.31 Å². The normalized spacial score (nSPS) is 15.2. The molecule has 1 heterocycles. The lowest BCUT2D eigenvalue weighted by Gasteiger charge is -2.31. The van der Waals surface area contributed by atoms with E-state index in [1.165, 1.54) is 57.5 Å². The number of carbonyl (C=O) groups excluding carboxylic acids is 2. The van der Waals surface area contributed by atoms with Gasteiger partial charge in [0.25, 0.3) is 0 Å². The summed E-state index contributed by atoms with van der Waals surface area (Å²) in [5.41, 5.74) is 0.480. The Balaban J connectivity index is 2.49. The van der Waals surface area contributed by atoms with Crippen LogP contribution in [0.2, 0.25) is 0 Å². The second-order valence-electron chi connectivity index (χ2n) is 5.50. The first-order valence-corrected chi connectivity index (χ1v) is 8.95. The van der Waals surface area contributed by atoms with Gasteiger partial charge >= 0.3 is 11.9 Å². The molecule has 0 saturated carbocycles. The maximum absolute atomic E-state index is 12.2. The van der Waals surface area contributed by atoms with Crippen LogP contribution in [-0.4, -0.2) is 66.3 Å². The fourth-order valence-electron chi connectivity index (χ4n) is 2.36. The van der Waals surface area contributed by atoms with Crippen molar-refractivity contribution in [1.82, 2.24) is 4.31 Å². The predicted molar refractivity (Wildman–Crippen MR) is 91.7 cm³/mol. The topological polar surface area (TPSA) is 102 Å². The highest BCUT2D eigenvalue weighted by Crippen LogP contribution is 2.28. The Bertz CT molecular complexity index is 829. The van der Waals surface area contributed by atoms with Crippen LogP contribution in [0.25, 0.3) is 0 Å². The van der Waals surface area contributed by atoms with E-state index in [1.807, 2.05) is 0 Å². The second kappa shape index (κ2) is 7.85. The zero-order valence-corrected chi connectivity index (χ0v) is 15.7. The molecule has 142 valence electrons. The van der Waals surface area contributed by atoms with Gasteiger partial charge in [0.2, 0.25) is 10.0 Å². The number of ether oxygens (including phenoxy) is 3. The van der Waals surface area contributed by atoms with Crippen molar-refractivity contribution in [2.24, 2.45) is 0 Å². The number of hydrogen-bond donors (Lipinski definition) is 0. The van der Waals surface area contributed by atoms with Crippen molar-refractivity contribution >= 4 is 27.6 Å². The average molecular weight is 384 g/mol. The average Bonchev–Trinajstić information content (AvgIpc) is 2.66. The molecule has 0 fully saturated rings. The minimum absolute atomic E-state index is 0.00573. The molecule has 0 radical (unpaired) electrons. The zero-order valence-electron chi connectivity index (χ0n) is 14.9. The Morgan fingerprint density at radius 3 is 2.15 bits per heavy atom. The van der Waals surface area contributed by atoms with Crippen molar-refractivity contribution < 1.29 is 32.2 Å². The van der Waals surface area contributed by atoms with Crippen molar-refractivity contribution in [3.63, 3.8) is 0 Å². The van der Waals surface area contributed by atoms with Crippen molar-refractivity contribution in [3.8, 4) is 0 Å². The molecular formula is C16H20N2O7S. The van der Waals surface area contributed by atoms with Crippen molar-refractivity contribution in [3.05, 3.63) is 35.5 Å². The Labute approximate surface area is 151 Å². The lowest BCUT2D eigenvalue weighted by Crippen LogP contribution is -2.38. The third-order valence-electron chi connectivity index (χ3n) is 3.76.